The summed E-state index contributed by atoms with van der Waals surface area (Å²) in [6, 6.07) is 6.45. The van der Waals surface area contributed by atoms with Crippen molar-refractivity contribution in [2.45, 2.75) is 31.5 Å². The Labute approximate surface area is 114 Å². The standard InChI is InChI=1S/C12H16ClF3N2O/c13-9-3-1-5-11(7-9)19-8-10(18-17)4-2-6-12(14,15)16/h1,3,5,7,10,18H,2,4,6,8,17H2. The van der Waals surface area contributed by atoms with Gasteiger partial charge in [-0.1, -0.05) is 17.7 Å². The number of hydrazine groups is 1. The molecule has 0 aromatic heterocycles. The van der Waals surface area contributed by atoms with Crippen LogP contribution in [0.5, 0.6) is 5.75 Å². The van der Waals surface area contributed by atoms with Crippen molar-refractivity contribution in [3.8, 4) is 5.75 Å². The topological polar surface area (TPSA) is 47.3 Å². The first-order valence-electron chi connectivity index (χ1n) is 5.82. The quantitative estimate of drug-likeness (QED) is 0.599. The van der Waals surface area contributed by atoms with Crippen molar-refractivity contribution in [3.05, 3.63) is 29.3 Å². The Morgan fingerprint density at radius 2 is 2.11 bits per heavy atom. The highest BCUT2D eigenvalue weighted by atomic mass is 35.5. The van der Waals surface area contributed by atoms with Gasteiger partial charge in [-0.3, -0.25) is 11.3 Å². The maximum absolute atomic E-state index is 12.0. The molecule has 1 aromatic rings. The molecule has 0 saturated carbocycles. The smallest absolute Gasteiger partial charge is 0.389 e. The van der Waals surface area contributed by atoms with E-state index in [2.05, 4.69) is 5.43 Å². The number of hydrogen-bond donors (Lipinski definition) is 2. The summed E-state index contributed by atoms with van der Waals surface area (Å²) in [6.07, 6.45) is -4.65. The van der Waals surface area contributed by atoms with Crippen molar-refractivity contribution in [3.63, 3.8) is 0 Å². The molecule has 3 nitrogen and oxygen atoms in total. The number of rotatable bonds is 7. The molecule has 108 valence electrons. The Balaban J connectivity index is 2.32. The van der Waals surface area contributed by atoms with Crippen molar-refractivity contribution in [2.75, 3.05) is 6.61 Å². The number of hydrogen-bond acceptors (Lipinski definition) is 3. The average Bonchev–Trinajstić information content (AvgIpc) is 2.32. The van der Waals surface area contributed by atoms with Crippen LogP contribution in [-0.2, 0) is 0 Å². The normalized spacial score (nSPS) is 13.3. The number of nitrogens with one attached hydrogen (secondary N) is 1. The van der Waals surface area contributed by atoms with Crippen molar-refractivity contribution < 1.29 is 17.9 Å². The van der Waals surface area contributed by atoms with Gasteiger partial charge in [-0.05, 0) is 31.0 Å². The molecule has 0 fully saturated rings. The zero-order valence-electron chi connectivity index (χ0n) is 10.2. The van der Waals surface area contributed by atoms with E-state index in [0.29, 0.717) is 10.8 Å². The zero-order valence-corrected chi connectivity index (χ0v) is 11.0. The van der Waals surface area contributed by atoms with E-state index in [0.717, 1.165) is 0 Å². The molecule has 1 rings (SSSR count). The van der Waals surface area contributed by atoms with Crippen molar-refractivity contribution in [1.82, 2.24) is 5.43 Å². The molecule has 0 spiro atoms. The molecule has 0 aliphatic rings. The van der Waals surface area contributed by atoms with Crippen molar-refractivity contribution in [2.24, 2.45) is 5.84 Å². The predicted molar refractivity (Wildman–Crippen MR) is 68.0 cm³/mol. The number of nitrogens with two attached hydrogens (primary N) is 1. The molecular formula is C12H16ClF3N2O. The summed E-state index contributed by atoms with van der Waals surface area (Å²) in [5.41, 5.74) is 2.45. The number of benzene rings is 1. The fraction of sp³-hybridized carbons (Fsp3) is 0.500. The summed E-state index contributed by atoms with van der Waals surface area (Å²) in [5, 5.41) is 0.534. The summed E-state index contributed by atoms with van der Waals surface area (Å²) in [6.45, 7) is 0.189. The lowest BCUT2D eigenvalue weighted by molar-refractivity contribution is -0.135. The van der Waals surface area contributed by atoms with Crippen LogP contribution < -0.4 is 16.0 Å². The molecule has 0 bridgehead atoms. The third-order valence-corrected chi connectivity index (χ3v) is 2.73. The summed E-state index contributed by atoms with van der Waals surface area (Å²) in [4.78, 5) is 0. The molecule has 0 radical (unpaired) electrons. The van der Waals surface area contributed by atoms with E-state index in [-0.39, 0.29) is 25.5 Å². The summed E-state index contributed by atoms with van der Waals surface area (Å²) in [7, 11) is 0. The average molecular weight is 297 g/mol. The van der Waals surface area contributed by atoms with Crippen LogP contribution >= 0.6 is 11.6 Å². The second kappa shape index (κ2) is 7.57. The number of ether oxygens (including phenoxy) is 1. The fourth-order valence-corrected chi connectivity index (χ4v) is 1.70. The van der Waals surface area contributed by atoms with Crippen LogP contribution in [0.2, 0.25) is 5.02 Å². The first-order chi connectivity index (χ1) is 8.90. The third kappa shape index (κ3) is 7.25. The van der Waals surface area contributed by atoms with Gasteiger partial charge in [-0.15, -0.1) is 0 Å². The molecule has 19 heavy (non-hydrogen) atoms. The molecule has 0 saturated heterocycles. The van der Waals surface area contributed by atoms with Crippen LogP contribution in [0.15, 0.2) is 24.3 Å². The minimum Gasteiger partial charge on any atom is -0.492 e. The predicted octanol–water partition coefficient (Wildman–Crippen LogP) is 3.28. The first-order valence-corrected chi connectivity index (χ1v) is 6.20. The van der Waals surface area contributed by atoms with E-state index in [1.54, 1.807) is 24.3 Å². The first kappa shape index (κ1) is 16.1. The molecular weight excluding hydrogens is 281 g/mol. The molecule has 0 aliphatic heterocycles. The second-order valence-electron chi connectivity index (χ2n) is 4.14. The molecule has 1 atom stereocenters. The van der Waals surface area contributed by atoms with Gasteiger partial charge in [0.05, 0.1) is 6.04 Å². The van der Waals surface area contributed by atoms with Gasteiger partial charge in [0, 0.05) is 11.4 Å². The van der Waals surface area contributed by atoms with E-state index < -0.39 is 12.6 Å². The Morgan fingerprint density at radius 1 is 1.37 bits per heavy atom. The summed E-state index contributed by atoms with van der Waals surface area (Å²) in [5.74, 6) is 5.84. The minimum absolute atomic E-state index is 0.0112. The van der Waals surface area contributed by atoms with Gasteiger partial charge < -0.3 is 4.74 Å². The van der Waals surface area contributed by atoms with Crippen LogP contribution in [-0.4, -0.2) is 18.8 Å². The molecule has 0 heterocycles. The Kier molecular flexibility index (Phi) is 6.41. The van der Waals surface area contributed by atoms with Crippen LogP contribution in [0.25, 0.3) is 0 Å². The number of halogens is 4. The van der Waals surface area contributed by atoms with Gasteiger partial charge in [-0.2, -0.15) is 13.2 Å². The van der Waals surface area contributed by atoms with Crippen LogP contribution in [0.1, 0.15) is 19.3 Å². The van der Waals surface area contributed by atoms with Crippen LogP contribution in [0.4, 0.5) is 13.2 Å². The lowest BCUT2D eigenvalue weighted by atomic mass is 10.1. The van der Waals surface area contributed by atoms with Gasteiger partial charge in [0.15, 0.2) is 0 Å². The minimum atomic E-state index is -4.13. The molecule has 1 unspecified atom stereocenters. The van der Waals surface area contributed by atoms with Gasteiger partial charge >= 0.3 is 6.18 Å². The third-order valence-electron chi connectivity index (χ3n) is 2.50. The maximum Gasteiger partial charge on any atom is 0.389 e. The Morgan fingerprint density at radius 3 is 2.68 bits per heavy atom. The van der Waals surface area contributed by atoms with Crippen molar-refractivity contribution in [1.29, 1.82) is 0 Å². The lowest BCUT2D eigenvalue weighted by Gasteiger charge is -2.17. The highest BCUT2D eigenvalue weighted by Crippen LogP contribution is 2.23. The molecule has 0 aliphatic carbocycles. The summed E-state index contributed by atoms with van der Waals surface area (Å²) < 4.78 is 41.4. The molecule has 3 N–H and O–H groups in total. The summed E-state index contributed by atoms with van der Waals surface area (Å²) >= 11 is 5.78. The van der Waals surface area contributed by atoms with E-state index in [1.165, 1.54) is 0 Å². The molecule has 0 amide bonds. The van der Waals surface area contributed by atoms with Crippen LogP contribution in [0.3, 0.4) is 0 Å². The van der Waals surface area contributed by atoms with E-state index in [9.17, 15) is 13.2 Å². The van der Waals surface area contributed by atoms with E-state index in [4.69, 9.17) is 22.2 Å². The van der Waals surface area contributed by atoms with Gasteiger partial charge in [-0.25, -0.2) is 0 Å². The number of alkyl halides is 3. The second-order valence-corrected chi connectivity index (χ2v) is 4.58. The Hall–Kier alpha value is -0.980. The van der Waals surface area contributed by atoms with Gasteiger partial charge in [0.25, 0.3) is 0 Å². The highest BCUT2D eigenvalue weighted by molar-refractivity contribution is 6.30. The lowest BCUT2D eigenvalue weighted by Crippen LogP contribution is -2.39. The van der Waals surface area contributed by atoms with Crippen LogP contribution in [0, 0.1) is 0 Å². The van der Waals surface area contributed by atoms with Gasteiger partial charge in [0.2, 0.25) is 0 Å². The van der Waals surface area contributed by atoms with E-state index >= 15 is 0 Å². The zero-order chi connectivity index (χ0) is 14.3. The van der Waals surface area contributed by atoms with Gasteiger partial charge in [0.1, 0.15) is 12.4 Å². The highest BCUT2D eigenvalue weighted by Gasteiger charge is 2.26. The van der Waals surface area contributed by atoms with E-state index in [1.807, 2.05) is 0 Å². The maximum atomic E-state index is 12.0. The molecule has 7 heteroatoms. The monoisotopic (exact) mass is 296 g/mol. The fourth-order valence-electron chi connectivity index (χ4n) is 1.52. The van der Waals surface area contributed by atoms with Crippen molar-refractivity contribution >= 4 is 11.6 Å². The SMILES string of the molecule is NNC(CCCC(F)(F)F)COc1cccc(Cl)c1. The molecule has 1 aromatic carbocycles. The largest absolute Gasteiger partial charge is 0.492 e. The Bertz CT molecular complexity index is 387.